The highest BCUT2D eigenvalue weighted by Gasteiger charge is 2.19. The molecule has 24 heavy (non-hydrogen) atoms. The molecule has 0 saturated carbocycles. The second-order valence-corrected chi connectivity index (χ2v) is 5.83. The molecule has 1 amide bonds. The first-order chi connectivity index (χ1) is 11.4. The van der Waals surface area contributed by atoms with E-state index >= 15 is 0 Å². The molecule has 8 heteroatoms. The molecule has 0 spiro atoms. The van der Waals surface area contributed by atoms with E-state index in [1.807, 2.05) is 0 Å². The fraction of sp³-hybridized carbons (Fsp3) is 0.312. The van der Waals surface area contributed by atoms with Gasteiger partial charge in [-0.2, -0.15) is 0 Å². The number of hydrogen-bond acceptors (Lipinski definition) is 4. The van der Waals surface area contributed by atoms with Crippen LogP contribution < -0.4 is 14.8 Å². The number of halogens is 2. The lowest BCUT2D eigenvalue weighted by molar-refractivity contribution is 0.0906. The van der Waals surface area contributed by atoms with E-state index in [2.05, 4.69) is 5.32 Å². The van der Waals surface area contributed by atoms with Crippen LogP contribution >= 0.6 is 23.2 Å². The van der Waals surface area contributed by atoms with Crippen LogP contribution in [0.15, 0.2) is 24.3 Å². The Labute approximate surface area is 149 Å². The Morgan fingerprint density at radius 1 is 1.29 bits per heavy atom. The molecule has 0 aliphatic carbocycles. The van der Waals surface area contributed by atoms with Crippen molar-refractivity contribution in [1.29, 1.82) is 0 Å². The zero-order valence-electron chi connectivity index (χ0n) is 13.5. The zero-order valence-corrected chi connectivity index (χ0v) is 15.0. The Bertz CT molecular complexity index is 746. The van der Waals surface area contributed by atoms with Gasteiger partial charge < -0.3 is 24.5 Å². The van der Waals surface area contributed by atoms with Crippen LogP contribution in [0.25, 0.3) is 0 Å². The highest BCUT2D eigenvalue weighted by molar-refractivity contribution is 6.41. The number of amides is 1. The van der Waals surface area contributed by atoms with E-state index < -0.39 is 12.0 Å². The lowest BCUT2D eigenvalue weighted by Crippen LogP contribution is -2.29. The van der Waals surface area contributed by atoms with Gasteiger partial charge in [-0.25, -0.2) is 0 Å². The minimum Gasteiger partial charge on any atom is -0.497 e. The molecule has 1 aromatic heterocycles. The Morgan fingerprint density at radius 3 is 2.54 bits per heavy atom. The smallest absolute Gasteiger partial charge is 0.268 e. The van der Waals surface area contributed by atoms with Gasteiger partial charge in [0.25, 0.3) is 5.91 Å². The zero-order chi connectivity index (χ0) is 17.9. The molecule has 0 radical (unpaired) electrons. The number of carbonyl (C=O) groups excluding carboxylic acids is 1. The second-order valence-electron chi connectivity index (χ2n) is 5.06. The molecule has 1 unspecified atom stereocenters. The van der Waals surface area contributed by atoms with Crippen LogP contribution in [0.2, 0.25) is 10.2 Å². The van der Waals surface area contributed by atoms with Gasteiger partial charge >= 0.3 is 0 Å². The summed E-state index contributed by atoms with van der Waals surface area (Å²) >= 11 is 11.8. The Morgan fingerprint density at radius 2 is 2.00 bits per heavy atom. The first-order valence-electron chi connectivity index (χ1n) is 7.08. The van der Waals surface area contributed by atoms with Gasteiger partial charge in [0, 0.05) is 19.2 Å². The summed E-state index contributed by atoms with van der Waals surface area (Å²) in [6.07, 6.45) is -0.967. The molecule has 2 rings (SSSR count). The van der Waals surface area contributed by atoms with Gasteiger partial charge in [0.05, 0.1) is 19.2 Å². The summed E-state index contributed by atoms with van der Waals surface area (Å²) in [7, 11) is 4.66. The van der Waals surface area contributed by atoms with Crippen LogP contribution in [0.5, 0.6) is 11.5 Å². The monoisotopic (exact) mass is 372 g/mol. The van der Waals surface area contributed by atoms with Gasteiger partial charge in [0.1, 0.15) is 28.5 Å². The number of aliphatic hydroxyl groups excluding tert-OH is 1. The Hall–Kier alpha value is -1.89. The molecule has 1 atom stereocenters. The molecule has 0 bridgehead atoms. The molecular weight excluding hydrogens is 355 g/mol. The van der Waals surface area contributed by atoms with E-state index in [4.69, 9.17) is 32.7 Å². The predicted molar refractivity (Wildman–Crippen MR) is 92.3 cm³/mol. The van der Waals surface area contributed by atoms with Crippen molar-refractivity contribution in [3.63, 3.8) is 0 Å². The normalized spacial score (nSPS) is 11.9. The van der Waals surface area contributed by atoms with Crippen molar-refractivity contribution in [1.82, 2.24) is 9.88 Å². The van der Waals surface area contributed by atoms with Crippen LogP contribution in [-0.4, -0.2) is 36.3 Å². The van der Waals surface area contributed by atoms with Crippen molar-refractivity contribution >= 4 is 29.1 Å². The molecule has 0 fully saturated rings. The first kappa shape index (κ1) is 18.4. The van der Waals surface area contributed by atoms with E-state index in [-0.39, 0.29) is 11.7 Å². The highest BCUT2D eigenvalue weighted by Crippen LogP contribution is 2.29. The summed E-state index contributed by atoms with van der Waals surface area (Å²) in [5.41, 5.74) is 0.815. The molecule has 2 N–H and O–H groups in total. The van der Waals surface area contributed by atoms with Gasteiger partial charge in [0.15, 0.2) is 0 Å². The van der Waals surface area contributed by atoms with E-state index in [1.165, 1.54) is 24.9 Å². The lowest BCUT2D eigenvalue weighted by Gasteiger charge is -2.16. The summed E-state index contributed by atoms with van der Waals surface area (Å²) in [6.45, 7) is -0.0111. The van der Waals surface area contributed by atoms with Crippen LogP contribution in [0, 0.1) is 0 Å². The van der Waals surface area contributed by atoms with Gasteiger partial charge in [-0.05, 0) is 24.3 Å². The largest absolute Gasteiger partial charge is 0.497 e. The molecule has 130 valence electrons. The number of hydrogen-bond donors (Lipinski definition) is 2. The third-order valence-electron chi connectivity index (χ3n) is 3.60. The second kappa shape index (κ2) is 7.79. The minimum absolute atomic E-state index is 0.0111. The maximum atomic E-state index is 12.2. The molecule has 2 aromatic rings. The quantitative estimate of drug-likeness (QED) is 0.817. The van der Waals surface area contributed by atoms with Gasteiger partial charge in [-0.3, -0.25) is 4.79 Å². The van der Waals surface area contributed by atoms with Crippen molar-refractivity contribution in [2.45, 2.75) is 6.10 Å². The third-order valence-corrected chi connectivity index (χ3v) is 4.44. The van der Waals surface area contributed by atoms with Crippen LogP contribution in [0.3, 0.4) is 0 Å². The Balaban J connectivity index is 2.11. The fourth-order valence-corrected chi connectivity index (χ4v) is 2.63. The summed E-state index contributed by atoms with van der Waals surface area (Å²) in [5, 5.41) is 13.6. The molecule has 1 aromatic carbocycles. The average molecular weight is 373 g/mol. The first-order valence-corrected chi connectivity index (χ1v) is 7.83. The summed E-state index contributed by atoms with van der Waals surface area (Å²) in [4.78, 5) is 12.2. The predicted octanol–water partition coefficient (Wildman–Crippen LogP) is 2.81. The summed E-state index contributed by atoms with van der Waals surface area (Å²) in [5.74, 6) is 0.687. The molecule has 0 aliphatic heterocycles. The van der Waals surface area contributed by atoms with Crippen molar-refractivity contribution < 1.29 is 19.4 Å². The molecule has 1 heterocycles. The Kier molecular flexibility index (Phi) is 5.99. The number of aromatic nitrogens is 1. The number of carbonyl (C=O) groups is 1. The van der Waals surface area contributed by atoms with E-state index in [0.717, 1.165) is 0 Å². The lowest BCUT2D eigenvalue weighted by atomic mass is 10.1. The van der Waals surface area contributed by atoms with Crippen LogP contribution in [0.1, 0.15) is 22.2 Å². The number of nitrogens with zero attached hydrogens (tertiary/aromatic N) is 1. The topological polar surface area (TPSA) is 72.7 Å². The molecular formula is C16H18Cl2N2O4. The number of benzene rings is 1. The van der Waals surface area contributed by atoms with Crippen molar-refractivity contribution in [3.05, 3.63) is 45.7 Å². The number of nitrogens with one attached hydrogen (secondary N) is 1. The summed E-state index contributed by atoms with van der Waals surface area (Å²) < 4.78 is 11.8. The maximum absolute atomic E-state index is 12.2. The van der Waals surface area contributed by atoms with Crippen LogP contribution in [0.4, 0.5) is 0 Å². The standard InChI is InChI=1S/C16H18Cl2N2O4/c1-20-12(7-11(17)15(20)18)16(22)19-8-13(21)10-6-9(23-2)4-5-14(10)24-3/h4-7,13,21H,8H2,1-3H3,(H,19,22). The van der Waals surface area contributed by atoms with Crippen molar-refractivity contribution in [3.8, 4) is 11.5 Å². The van der Waals surface area contributed by atoms with Crippen LogP contribution in [-0.2, 0) is 7.05 Å². The maximum Gasteiger partial charge on any atom is 0.268 e. The SMILES string of the molecule is COc1ccc(OC)c(C(O)CNC(=O)c2cc(Cl)c(Cl)n2C)c1. The number of rotatable bonds is 6. The van der Waals surface area contributed by atoms with Gasteiger partial charge in [-0.15, -0.1) is 0 Å². The van der Waals surface area contributed by atoms with E-state index in [0.29, 0.717) is 27.8 Å². The summed E-state index contributed by atoms with van der Waals surface area (Å²) in [6, 6.07) is 6.54. The van der Waals surface area contributed by atoms with Crippen molar-refractivity contribution in [2.75, 3.05) is 20.8 Å². The van der Waals surface area contributed by atoms with Crippen molar-refractivity contribution in [2.24, 2.45) is 7.05 Å². The number of aliphatic hydroxyl groups is 1. The number of methoxy groups -OCH3 is 2. The van der Waals surface area contributed by atoms with Gasteiger partial charge in [0.2, 0.25) is 0 Å². The molecule has 6 nitrogen and oxygen atoms in total. The highest BCUT2D eigenvalue weighted by atomic mass is 35.5. The third kappa shape index (κ3) is 3.77. The van der Waals surface area contributed by atoms with E-state index in [1.54, 1.807) is 25.2 Å². The molecule has 0 saturated heterocycles. The molecule has 0 aliphatic rings. The number of ether oxygens (including phenoxy) is 2. The fourth-order valence-electron chi connectivity index (χ4n) is 2.25. The van der Waals surface area contributed by atoms with Gasteiger partial charge in [-0.1, -0.05) is 23.2 Å². The minimum atomic E-state index is -0.967. The average Bonchev–Trinajstić information content (AvgIpc) is 2.86. The van der Waals surface area contributed by atoms with E-state index in [9.17, 15) is 9.90 Å².